The van der Waals surface area contributed by atoms with Crippen molar-refractivity contribution in [2.24, 2.45) is 5.41 Å². The van der Waals surface area contributed by atoms with E-state index in [1.54, 1.807) is 0 Å². The second-order valence-electron chi connectivity index (χ2n) is 7.03. The molecule has 0 spiro atoms. The number of H-pyrrole nitrogens is 1. The highest BCUT2D eigenvalue weighted by Gasteiger charge is 2.42. The van der Waals surface area contributed by atoms with Gasteiger partial charge in [-0.2, -0.15) is 0 Å². The fourth-order valence-electron chi connectivity index (χ4n) is 4.01. The first-order valence-corrected chi connectivity index (χ1v) is 8.30. The Balaban J connectivity index is 1.52. The van der Waals surface area contributed by atoms with Crippen molar-refractivity contribution in [1.82, 2.24) is 14.9 Å². The van der Waals surface area contributed by atoms with E-state index in [1.165, 1.54) is 37.1 Å². The topological polar surface area (TPSA) is 61.4 Å². The third-order valence-corrected chi connectivity index (χ3v) is 5.34. The molecule has 1 aromatic rings. The zero-order chi connectivity index (χ0) is 14.3. The van der Waals surface area contributed by atoms with Crippen molar-refractivity contribution < 1.29 is 9.84 Å². The first kappa shape index (κ1) is 13.7. The summed E-state index contributed by atoms with van der Waals surface area (Å²) >= 11 is 0. The minimum atomic E-state index is -0.0329. The molecule has 0 amide bonds. The van der Waals surface area contributed by atoms with E-state index in [1.807, 2.05) is 0 Å². The average Bonchev–Trinajstić information content (AvgIpc) is 3.08. The van der Waals surface area contributed by atoms with Crippen molar-refractivity contribution in [1.29, 1.82) is 0 Å². The molecule has 5 nitrogen and oxygen atoms in total. The first-order chi connectivity index (χ1) is 10.3. The Labute approximate surface area is 125 Å². The summed E-state index contributed by atoms with van der Waals surface area (Å²) in [6.07, 6.45) is 7.24. The quantitative estimate of drug-likeness (QED) is 0.881. The third-order valence-electron chi connectivity index (χ3n) is 5.34. The van der Waals surface area contributed by atoms with Crippen LogP contribution in [0, 0.1) is 5.41 Å². The van der Waals surface area contributed by atoms with Crippen molar-refractivity contribution in [2.75, 3.05) is 32.9 Å². The highest BCUT2D eigenvalue weighted by Crippen LogP contribution is 2.37. The SMILES string of the molecule is OCC1(CN2CCC[C@H]2c2nc3c([nH]2)CCCC3)COC1. The molecule has 2 fully saturated rings. The second kappa shape index (κ2) is 5.38. The van der Waals surface area contributed by atoms with Gasteiger partial charge in [-0.05, 0) is 45.1 Å². The van der Waals surface area contributed by atoms with Gasteiger partial charge in [-0.15, -0.1) is 0 Å². The van der Waals surface area contributed by atoms with Gasteiger partial charge in [0.1, 0.15) is 5.82 Å². The normalized spacial score (nSPS) is 28.3. The maximum atomic E-state index is 9.66. The lowest BCUT2D eigenvalue weighted by Gasteiger charge is -2.43. The van der Waals surface area contributed by atoms with Crippen LogP contribution < -0.4 is 0 Å². The molecular formula is C16H25N3O2. The van der Waals surface area contributed by atoms with Crippen molar-refractivity contribution in [3.05, 3.63) is 17.2 Å². The zero-order valence-electron chi connectivity index (χ0n) is 12.6. The number of imidazole rings is 1. The highest BCUT2D eigenvalue weighted by atomic mass is 16.5. The fraction of sp³-hybridized carbons (Fsp3) is 0.812. The van der Waals surface area contributed by atoms with Gasteiger partial charge < -0.3 is 14.8 Å². The van der Waals surface area contributed by atoms with Crippen LogP contribution in [0.15, 0.2) is 0 Å². The molecule has 2 aliphatic heterocycles. The number of likely N-dealkylation sites (tertiary alicyclic amines) is 1. The van der Waals surface area contributed by atoms with E-state index < -0.39 is 0 Å². The Morgan fingerprint density at radius 1 is 1.29 bits per heavy atom. The number of aromatic nitrogens is 2. The van der Waals surface area contributed by atoms with Gasteiger partial charge in [-0.3, -0.25) is 4.90 Å². The number of nitrogens with one attached hydrogen (secondary N) is 1. The van der Waals surface area contributed by atoms with Crippen molar-refractivity contribution in [2.45, 2.75) is 44.6 Å². The molecule has 2 N–H and O–H groups in total. The van der Waals surface area contributed by atoms with Gasteiger partial charge in [0, 0.05) is 12.2 Å². The summed E-state index contributed by atoms with van der Waals surface area (Å²) in [6.45, 7) is 3.66. The minimum Gasteiger partial charge on any atom is -0.396 e. The summed E-state index contributed by atoms with van der Waals surface area (Å²) in [5.74, 6) is 1.16. The average molecular weight is 291 g/mol. The van der Waals surface area contributed by atoms with E-state index in [0.717, 1.165) is 31.8 Å². The smallest absolute Gasteiger partial charge is 0.124 e. The number of aromatic amines is 1. The number of hydrogen-bond donors (Lipinski definition) is 2. The maximum Gasteiger partial charge on any atom is 0.124 e. The molecule has 0 aromatic carbocycles. The van der Waals surface area contributed by atoms with Crippen LogP contribution in [0.1, 0.15) is 48.9 Å². The molecule has 0 radical (unpaired) electrons. The number of aliphatic hydroxyl groups is 1. The molecule has 4 rings (SSSR count). The molecule has 1 aromatic heterocycles. The van der Waals surface area contributed by atoms with E-state index in [4.69, 9.17) is 9.72 Å². The molecule has 3 heterocycles. The Morgan fingerprint density at radius 2 is 2.14 bits per heavy atom. The fourth-order valence-corrected chi connectivity index (χ4v) is 4.01. The summed E-state index contributed by atoms with van der Waals surface area (Å²) in [4.78, 5) is 11.0. The van der Waals surface area contributed by atoms with Crippen LogP contribution in [-0.2, 0) is 17.6 Å². The van der Waals surface area contributed by atoms with Crippen LogP contribution in [0.4, 0.5) is 0 Å². The number of ether oxygens (including phenoxy) is 1. The van der Waals surface area contributed by atoms with Gasteiger partial charge in [0.15, 0.2) is 0 Å². The molecule has 1 aliphatic carbocycles. The van der Waals surface area contributed by atoms with E-state index in [-0.39, 0.29) is 12.0 Å². The third kappa shape index (κ3) is 2.41. The van der Waals surface area contributed by atoms with E-state index >= 15 is 0 Å². The number of rotatable bonds is 4. The lowest BCUT2D eigenvalue weighted by Crippen LogP contribution is -2.53. The van der Waals surface area contributed by atoms with Gasteiger partial charge in [-0.25, -0.2) is 4.98 Å². The van der Waals surface area contributed by atoms with Gasteiger partial charge in [0.25, 0.3) is 0 Å². The van der Waals surface area contributed by atoms with E-state index in [0.29, 0.717) is 19.3 Å². The van der Waals surface area contributed by atoms with Crippen LogP contribution in [0.3, 0.4) is 0 Å². The zero-order valence-corrected chi connectivity index (χ0v) is 12.6. The van der Waals surface area contributed by atoms with Gasteiger partial charge in [0.05, 0.1) is 37.0 Å². The highest BCUT2D eigenvalue weighted by molar-refractivity contribution is 5.19. The molecule has 1 atom stereocenters. The molecule has 0 unspecified atom stereocenters. The monoisotopic (exact) mass is 291 g/mol. The summed E-state index contributed by atoms with van der Waals surface area (Å²) < 4.78 is 5.34. The largest absolute Gasteiger partial charge is 0.396 e. The number of aryl methyl sites for hydroxylation is 2. The lowest BCUT2D eigenvalue weighted by molar-refractivity contribution is -0.149. The van der Waals surface area contributed by atoms with Crippen molar-refractivity contribution in [3.63, 3.8) is 0 Å². The van der Waals surface area contributed by atoms with Gasteiger partial charge >= 0.3 is 0 Å². The second-order valence-corrected chi connectivity index (χ2v) is 7.03. The van der Waals surface area contributed by atoms with Crippen LogP contribution in [0.25, 0.3) is 0 Å². The molecule has 0 saturated carbocycles. The van der Waals surface area contributed by atoms with Crippen molar-refractivity contribution in [3.8, 4) is 0 Å². The Hall–Kier alpha value is -0.910. The molecule has 0 bridgehead atoms. The molecule has 5 heteroatoms. The lowest BCUT2D eigenvalue weighted by atomic mass is 9.86. The van der Waals surface area contributed by atoms with Crippen LogP contribution in [-0.4, -0.2) is 52.9 Å². The summed E-state index contributed by atoms with van der Waals surface area (Å²) in [5.41, 5.74) is 2.63. The summed E-state index contributed by atoms with van der Waals surface area (Å²) in [6, 6.07) is 0.402. The molecular weight excluding hydrogens is 266 g/mol. The number of aliphatic hydroxyl groups excluding tert-OH is 1. The molecule has 21 heavy (non-hydrogen) atoms. The Kier molecular flexibility index (Phi) is 3.52. The van der Waals surface area contributed by atoms with E-state index in [9.17, 15) is 5.11 Å². The van der Waals surface area contributed by atoms with Crippen molar-refractivity contribution >= 4 is 0 Å². The Morgan fingerprint density at radius 3 is 2.86 bits per heavy atom. The molecule has 2 saturated heterocycles. The Bertz CT molecular complexity index is 481. The van der Waals surface area contributed by atoms with E-state index in [2.05, 4.69) is 9.88 Å². The summed E-state index contributed by atoms with van der Waals surface area (Å²) in [5, 5.41) is 9.66. The minimum absolute atomic E-state index is 0.0329. The van der Waals surface area contributed by atoms with Gasteiger partial charge in [0.2, 0.25) is 0 Å². The van der Waals surface area contributed by atoms with Gasteiger partial charge in [-0.1, -0.05) is 0 Å². The standard InChI is InChI=1S/C16H25N3O2/c20-9-16(10-21-11-16)8-19-7-3-6-14(19)15-17-12-4-1-2-5-13(12)18-15/h14,20H,1-11H2,(H,17,18)/t14-/m0/s1. The summed E-state index contributed by atoms with van der Waals surface area (Å²) in [7, 11) is 0. The first-order valence-electron chi connectivity index (χ1n) is 8.30. The molecule has 3 aliphatic rings. The number of fused-ring (bicyclic) bond motifs is 1. The maximum absolute atomic E-state index is 9.66. The number of hydrogen-bond acceptors (Lipinski definition) is 4. The predicted molar refractivity (Wildman–Crippen MR) is 79.1 cm³/mol. The van der Waals surface area contributed by atoms with Crippen LogP contribution in [0.5, 0.6) is 0 Å². The molecule has 116 valence electrons. The van der Waals surface area contributed by atoms with Crippen LogP contribution in [0.2, 0.25) is 0 Å². The van der Waals surface area contributed by atoms with Crippen LogP contribution >= 0.6 is 0 Å². The predicted octanol–water partition coefficient (Wildman–Crippen LogP) is 1.43. The number of nitrogens with zero attached hydrogens (tertiary/aromatic N) is 2.